The molecule has 0 atom stereocenters. The maximum atomic E-state index is 11.0. The van der Waals surface area contributed by atoms with Gasteiger partial charge in [-0.05, 0) is 36.4 Å². The lowest BCUT2D eigenvalue weighted by Gasteiger charge is -2.08. The van der Waals surface area contributed by atoms with Crippen molar-refractivity contribution >= 4 is 40.0 Å². The molecule has 1 aromatic heterocycles. The summed E-state index contributed by atoms with van der Waals surface area (Å²) in [6.45, 7) is 0. The van der Waals surface area contributed by atoms with Gasteiger partial charge in [0.15, 0.2) is 0 Å². The predicted octanol–water partition coefficient (Wildman–Crippen LogP) is 3.73. The molecule has 0 saturated heterocycles. The molecule has 0 fully saturated rings. The van der Waals surface area contributed by atoms with Gasteiger partial charge in [-0.1, -0.05) is 17.7 Å². The zero-order chi connectivity index (χ0) is 14.8. The van der Waals surface area contributed by atoms with Gasteiger partial charge in [0.05, 0.1) is 11.1 Å². The summed E-state index contributed by atoms with van der Waals surface area (Å²) in [6.07, 6.45) is 1.39. The Morgan fingerprint density at radius 3 is 2.76 bits per heavy atom. The van der Waals surface area contributed by atoms with Gasteiger partial charge in [0.1, 0.15) is 12.1 Å². The minimum absolute atomic E-state index is 0.190. The molecular weight excluding hydrogens is 290 g/mol. The molecule has 5 nitrogen and oxygen atoms in total. The van der Waals surface area contributed by atoms with Crippen LogP contribution in [0.4, 0.5) is 11.5 Å². The molecule has 0 aliphatic rings. The molecular formula is C15H10ClN3O2. The summed E-state index contributed by atoms with van der Waals surface area (Å²) in [5.74, 6) is -0.390. The van der Waals surface area contributed by atoms with Gasteiger partial charge in [-0.15, -0.1) is 0 Å². The first-order valence-corrected chi connectivity index (χ1v) is 6.52. The lowest BCUT2D eigenvalue weighted by Crippen LogP contribution is -1.99. The Morgan fingerprint density at radius 1 is 1.14 bits per heavy atom. The number of fused-ring (bicyclic) bond motifs is 1. The Labute approximate surface area is 125 Å². The van der Waals surface area contributed by atoms with Crippen LogP contribution in [0.25, 0.3) is 10.9 Å². The molecule has 104 valence electrons. The van der Waals surface area contributed by atoms with Crippen LogP contribution >= 0.6 is 11.6 Å². The molecule has 3 rings (SSSR count). The molecule has 0 aliphatic heterocycles. The van der Waals surface area contributed by atoms with E-state index in [2.05, 4.69) is 15.3 Å². The minimum Gasteiger partial charge on any atom is -0.478 e. The molecule has 6 heteroatoms. The van der Waals surface area contributed by atoms with Gasteiger partial charge in [0, 0.05) is 16.1 Å². The van der Waals surface area contributed by atoms with E-state index in [1.807, 2.05) is 12.1 Å². The van der Waals surface area contributed by atoms with Crippen LogP contribution in [0.5, 0.6) is 0 Å². The van der Waals surface area contributed by atoms with Crippen LogP contribution in [0.2, 0.25) is 5.02 Å². The van der Waals surface area contributed by atoms with Crippen LogP contribution in [0.1, 0.15) is 10.4 Å². The smallest absolute Gasteiger partial charge is 0.335 e. The second-order valence-corrected chi connectivity index (χ2v) is 4.83. The molecule has 0 saturated carbocycles. The Kier molecular flexibility index (Phi) is 3.41. The molecule has 2 N–H and O–H groups in total. The highest BCUT2D eigenvalue weighted by Crippen LogP contribution is 2.25. The average Bonchev–Trinajstić information content (AvgIpc) is 2.47. The SMILES string of the molecule is O=C(O)c1ccc2c(Nc3cccc(Cl)c3)ncnc2c1. The van der Waals surface area contributed by atoms with Crippen molar-refractivity contribution in [2.75, 3.05) is 5.32 Å². The van der Waals surface area contributed by atoms with E-state index in [4.69, 9.17) is 16.7 Å². The highest BCUT2D eigenvalue weighted by atomic mass is 35.5. The number of aromatic carboxylic acids is 1. The Bertz CT molecular complexity index is 836. The van der Waals surface area contributed by atoms with Crippen LogP contribution in [0.15, 0.2) is 48.8 Å². The van der Waals surface area contributed by atoms with Crippen molar-refractivity contribution in [2.45, 2.75) is 0 Å². The predicted molar refractivity (Wildman–Crippen MR) is 81.2 cm³/mol. The van der Waals surface area contributed by atoms with Gasteiger partial charge in [0.25, 0.3) is 0 Å². The summed E-state index contributed by atoms with van der Waals surface area (Å²) in [6, 6.07) is 12.0. The van der Waals surface area contributed by atoms with Crippen molar-refractivity contribution in [3.05, 3.63) is 59.4 Å². The van der Waals surface area contributed by atoms with Crippen molar-refractivity contribution in [3.63, 3.8) is 0 Å². The summed E-state index contributed by atoms with van der Waals surface area (Å²) < 4.78 is 0. The van der Waals surface area contributed by atoms with Crippen molar-refractivity contribution < 1.29 is 9.90 Å². The lowest BCUT2D eigenvalue weighted by molar-refractivity contribution is 0.0697. The summed E-state index contributed by atoms with van der Waals surface area (Å²) in [7, 11) is 0. The Hall–Kier alpha value is -2.66. The zero-order valence-corrected chi connectivity index (χ0v) is 11.5. The number of rotatable bonds is 3. The molecule has 0 unspecified atom stereocenters. The monoisotopic (exact) mass is 299 g/mol. The van der Waals surface area contributed by atoms with Gasteiger partial charge < -0.3 is 10.4 Å². The van der Waals surface area contributed by atoms with Crippen LogP contribution in [-0.4, -0.2) is 21.0 Å². The number of carbonyl (C=O) groups is 1. The summed E-state index contributed by atoms with van der Waals surface area (Å²) in [5, 5.41) is 13.5. The number of carboxylic acid groups (broad SMARTS) is 1. The summed E-state index contributed by atoms with van der Waals surface area (Å²) in [5.41, 5.74) is 1.55. The third kappa shape index (κ3) is 2.78. The maximum Gasteiger partial charge on any atom is 0.335 e. The highest BCUT2D eigenvalue weighted by molar-refractivity contribution is 6.30. The molecule has 21 heavy (non-hydrogen) atoms. The first-order chi connectivity index (χ1) is 10.1. The fraction of sp³-hybridized carbons (Fsp3) is 0. The normalized spacial score (nSPS) is 10.5. The van der Waals surface area contributed by atoms with E-state index in [-0.39, 0.29) is 5.56 Å². The van der Waals surface area contributed by atoms with Gasteiger partial charge >= 0.3 is 5.97 Å². The zero-order valence-electron chi connectivity index (χ0n) is 10.7. The number of nitrogens with zero attached hydrogens (tertiary/aromatic N) is 2. The molecule has 0 bridgehead atoms. The second-order valence-electron chi connectivity index (χ2n) is 4.39. The Morgan fingerprint density at radius 2 is 2.00 bits per heavy atom. The molecule has 1 heterocycles. The number of aromatic nitrogens is 2. The highest BCUT2D eigenvalue weighted by Gasteiger charge is 2.08. The van der Waals surface area contributed by atoms with Gasteiger partial charge in [-0.2, -0.15) is 0 Å². The van der Waals surface area contributed by atoms with Gasteiger partial charge in [-0.25, -0.2) is 14.8 Å². The third-order valence-electron chi connectivity index (χ3n) is 2.97. The van der Waals surface area contributed by atoms with Crippen LogP contribution < -0.4 is 5.32 Å². The number of halogens is 1. The lowest BCUT2D eigenvalue weighted by atomic mass is 10.1. The van der Waals surface area contributed by atoms with Crippen molar-refractivity contribution in [1.82, 2.24) is 9.97 Å². The van der Waals surface area contributed by atoms with Gasteiger partial charge in [-0.3, -0.25) is 0 Å². The topological polar surface area (TPSA) is 75.1 Å². The second kappa shape index (κ2) is 5.38. The van der Waals surface area contributed by atoms with Crippen LogP contribution in [-0.2, 0) is 0 Å². The van der Waals surface area contributed by atoms with Crippen molar-refractivity contribution in [2.24, 2.45) is 0 Å². The fourth-order valence-corrected chi connectivity index (χ4v) is 2.18. The molecule has 3 aromatic rings. The molecule has 0 radical (unpaired) electrons. The number of benzene rings is 2. The standard InChI is InChI=1S/C15H10ClN3O2/c16-10-2-1-3-11(7-10)19-14-12-5-4-9(15(20)21)6-13(12)17-8-18-14/h1-8H,(H,20,21)(H,17,18,19). The number of carboxylic acids is 1. The number of hydrogen-bond donors (Lipinski definition) is 2. The van der Waals surface area contributed by atoms with E-state index in [0.29, 0.717) is 16.4 Å². The van der Waals surface area contributed by atoms with Crippen LogP contribution in [0.3, 0.4) is 0 Å². The maximum absolute atomic E-state index is 11.0. The molecule has 0 aliphatic carbocycles. The summed E-state index contributed by atoms with van der Waals surface area (Å²) in [4.78, 5) is 19.3. The fourth-order valence-electron chi connectivity index (χ4n) is 1.99. The van der Waals surface area contributed by atoms with E-state index in [1.165, 1.54) is 18.5 Å². The number of anilines is 2. The molecule has 0 amide bonds. The van der Waals surface area contributed by atoms with Gasteiger partial charge in [0.2, 0.25) is 0 Å². The van der Waals surface area contributed by atoms with Crippen molar-refractivity contribution in [3.8, 4) is 0 Å². The minimum atomic E-state index is -0.986. The first kappa shape index (κ1) is 13.3. The largest absolute Gasteiger partial charge is 0.478 e. The van der Waals surface area contributed by atoms with E-state index in [0.717, 1.165) is 11.1 Å². The third-order valence-corrected chi connectivity index (χ3v) is 3.21. The van der Waals surface area contributed by atoms with E-state index < -0.39 is 5.97 Å². The van der Waals surface area contributed by atoms with E-state index in [1.54, 1.807) is 18.2 Å². The van der Waals surface area contributed by atoms with E-state index in [9.17, 15) is 4.79 Å². The number of nitrogens with one attached hydrogen (secondary N) is 1. The van der Waals surface area contributed by atoms with Crippen LogP contribution in [0, 0.1) is 0 Å². The Balaban J connectivity index is 2.05. The van der Waals surface area contributed by atoms with E-state index >= 15 is 0 Å². The molecule has 0 spiro atoms. The first-order valence-electron chi connectivity index (χ1n) is 6.14. The quantitative estimate of drug-likeness (QED) is 0.771. The molecule has 2 aromatic carbocycles. The number of hydrogen-bond acceptors (Lipinski definition) is 4. The summed E-state index contributed by atoms with van der Waals surface area (Å²) >= 11 is 5.95. The average molecular weight is 300 g/mol. The van der Waals surface area contributed by atoms with Crippen molar-refractivity contribution in [1.29, 1.82) is 0 Å².